The van der Waals surface area contributed by atoms with Crippen LogP contribution in [0.1, 0.15) is 32.6 Å². The molecule has 0 aliphatic heterocycles. The molecule has 4 nitrogen and oxygen atoms in total. The van der Waals surface area contributed by atoms with Gasteiger partial charge in [-0.3, -0.25) is 9.59 Å². The Kier molecular flexibility index (Phi) is 5.82. The number of carbonyl (C=O) groups is 2. The average molecular weight is 347 g/mol. The molecule has 0 unspecified atom stereocenters. The van der Waals surface area contributed by atoms with Gasteiger partial charge in [-0.25, -0.2) is 0 Å². The molecule has 2 aliphatic rings. The minimum atomic E-state index is -0.355. The smallest absolute Gasteiger partial charge is 0.316 e. The van der Waals surface area contributed by atoms with Crippen LogP contribution in [0.3, 0.4) is 0 Å². The molecule has 2 bridgehead atoms. The number of carbonyl (C=O) groups excluding carboxylic acids is 2. The third kappa shape index (κ3) is 4.53. The van der Waals surface area contributed by atoms with Gasteiger partial charge >= 0.3 is 5.97 Å². The molecule has 2 aliphatic carbocycles. The maximum absolute atomic E-state index is 12.0. The molecule has 1 aromatic rings. The van der Waals surface area contributed by atoms with Crippen molar-refractivity contribution in [1.29, 1.82) is 0 Å². The summed E-state index contributed by atoms with van der Waals surface area (Å²) in [6, 6.07) is 9.86. The standard InChI is InChI=1S/C19H25NO3S/c1-13(17-10-14-7-8-15(17)9-14)20-18(21)11-23-19(22)12-24-16-5-3-2-4-6-16/h2-6,13-15,17H,7-12H2,1H3,(H,20,21)/t13-,14+,15+,17+/m1/s1. The molecule has 1 N–H and O–H groups in total. The molecule has 130 valence electrons. The molecule has 0 heterocycles. The fourth-order valence-electron chi connectivity index (χ4n) is 4.16. The second kappa shape index (κ2) is 8.06. The van der Waals surface area contributed by atoms with E-state index in [-0.39, 0.29) is 30.3 Å². The van der Waals surface area contributed by atoms with Gasteiger partial charge < -0.3 is 10.1 Å². The Balaban J connectivity index is 1.34. The molecular formula is C19H25NO3S. The van der Waals surface area contributed by atoms with E-state index in [2.05, 4.69) is 12.2 Å². The summed E-state index contributed by atoms with van der Waals surface area (Å²) in [5, 5.41) is 3.01. The van der Waals surface area contributed by atoms with E-state index in [0.29, 0.717) is 5.92 Å². The van der Waals surface area contributed by atoms with Gasteiger partial charge in [-0.1, -0.05) is 24.6 Å². The van der Waals surface area contributed by atoms with Crippen LogP contribution >= 0.6 is 11.8 Å². The zero-order chi connectivity index (χ0) is 16.9. The van der Waals surface area contributed by atoms with Gasteiger partial charge in [0, 0.05) is 10.9 Å². The van der Waals surface area contributed by atoms with E-state index >= 15 is 0 Å². The minimum Gasteiger partial charge on any atom is -0.455 e. The molecular weight excluding hydrogens is 322 g/mol. The Labute approximate surface area is 147 Å². The third-order valence-corrected chi connectivity index (χ3v) is 6.27. The van der Waals surface area contributed by atoms with Gasteiger partial charge in [0.1, 0.15) is 0 Å². The van der Waals surface area contributed by atoms with Crippen LogP contribution in [0.25, 0.3) is 0 Å². The fraction of sp³-hybridized carbons (Fsp3) is 0.579. The molecule has 0 spiro atoms. The Bertz CT molecular complexity index is 577. The number of thioether (sulfide) groups is 1. The third-order valence-electron chi connectivity index (χ3n) is 5.29. The Morgan fingerprint density at radius 3 is 2.71 bits per heavy atom. The van der Waals surface area contributed by atoms with Crippen LogP contribution < -0.4 is 5.32 Å². The second-order valence-corrected chi connectivity index (χ2v) is 8.01. The lowest BCUT2D eigenvalue weighted by Gasteiger charge is -2.28. The number of esters is 1. The lowest BCUT2D eigenvalue weighted by atomic mass is 9.84. The summed E-state index contributed by atoms with van der Waals surface area (Å²) in [7, 11) is 0. The zero-order valence-electron chi connectivity index (χ0n) is 14.1. The molecule has 0 aromatic heterocycles. The van der Waals surface area contributed by atoms with Crippen molar-refractivity contribution in [3.63, 3.8) is 0 Å². The molecule has 2 fully saturated rings. The molecule has 0 saturated heterocycles. The maximum atomic E-state index is 12.0. The van der Waals surface area contributed by atoms with Crippen molar-refractivity contribution in [2.24, 2.45) is 17.8 Å². The molecule has 4 atom stereocenters. The van der Waals surface area contributed by atoms with Crippen LogP contribution in [0, 0.1) is 17.8 Å². The van der Waals surface area contributed by atoms with Crippen LogP contribution in [0.2, 0.25) is 0 Å². The van der Waals surface area contributed by atoms with Crippen molar-refractivity contribution in [3.05, 3.63) is 30.3 Å². The summed E-state index contributed by atoms with van der Waals surface area (Å²) in [4.78, 5) is 24.8. The highest BCUT2D eigenvalue weighted by Gasteiger charge is 2.42. The van der Waals surface area contributed by atoms with Crippen molar-refractivity contribution in [3.8, 4) is 0 Å². The van der Waals surface area contributed by atoms with Gasteiger partial charge in [0.05, 0.1) is 5.75 Å². The number of rotatable bonds is 7. The predicted molar refractivity (Wildman–Crippen MR) is 94.7 cm³/mol. The van der Waals surface area contributed by atoms with Crippen LogP contribution in [0.4, 0.5) is 0 Å². The molecule has 5 heteroatoms. The molecule has 1 amide bonds. The molecule has 3 rings (SSSR count). The summed E-state index contributed by atoms with van der Waals surface area (Å²) in [6.07, 6.45) is 5.23. The zero-order valence-corrected chi connectivity index (χ0v) is 14.9. The first-order valence-corrected chi connectivity index (χ1v) is 9.73. The molecule has 1 aromatic carbocycles. The highest BCUT2D eigenvalue weighted by molar-refractivity contribution is 8.00. The normalized spacial score (nSPS) is 26.1. The molecule has 0 radical (unpaired) electrons. The number of benzene rings is 1. The summed E-state index contributed by atoms with van der Waals surface area (Å²) in [6.45, 7) is 1.90. The minimum absolute atomic E-state index is 0.171. The van der Waals surface area contributed by atoms with Gasteiger partial charge in [0.25, 0.3) is 5.91 Å². The van der Waals surface area contributed by atoms with Crippen molar-refractivity contribution in [1.82, 2.24) is 5.32 Å². The number of nitrogens with one attached hydrogen (secondary N) is 1. The lowest BCUT2D eigenvalue weighted by molar-refractivity contribution is -0.146. The fourth-order valence-corrected chi connectivity index (χ4v) is 4.87. The lowest BCUT2D eigenvalue weighted by Crippen LogP contribution is -2.42. The largest absolute Gasteiger partial charge is 0.455 e. The van der Waals surface area contributed by atoms with Crippen molar-refractivity contribution in [2.75, 3.05) is 12.4 Å². The summed E-state index contributed by atoms with van der Waals surface area (Å²) >= 11 is 1.42. The highest BCUT2D eigenvalue weighted by atomic mass is 32.2. The number of hydrogen-bond acceptors (Lipinski definition) is 4. The molecule has 2 saturated carbocycles. The number of amides is 1. The van der Waals surface area contributed by atoms with E-state index in [1.165, 1.54) is 37.4 Å². The Hall–Kier alpha value is -1.49. The summed E-state index contributed by atoms with van der Waals surface area (Å²) in [5.74, 6) is 1.91. The van der Waals surface area contributed by atoms with Gasteiger partial charge in [0.15, 0.2) is 6.61 Å². The quantitative estimate of drug-likeness (QED) is 0.608. The summed E-state index contributed by atoms with van der Waals surface area (Å²) in [5.41, 5.74) is 0. The number of hydrogen-bond donors (Lipinski definition) is 1. The number of fused-ring (bicyclic) bond motifs is 2. The Morgan fingerprint density at radius 2 is 2.04 bits per heavy atom. The van der Waals surface area contributed by atoms with Crippen molar-refractivity contribution >= 4 is 23.6 Å². The van der Waals surface area contributed by atoms with Crippen LogP contribution in [-0.2, 0) is 14.3 Å². The van der Waals surface area contributed by atoms with E-state index in [9.17, 15) is 9.59 Å². The maximum Gasteiger partial charge on any atom is 0.316 e. The topological polar surface area (TPSA) is 55.4 Å². The van der Waals surface area contributed by atoms with Crippen molar-refractivity contribution in [2.45, 2.75) is 43.5 Å². The van der Waals surface area contributed by atoms with Gasteiger partial charge in [-0.05, 0) is 56.1 Å². The second-order valence-electron chi connectivity index (χ2n) is 6.96. The van der Waals surface area contributed by atoms with E-state index in [1.54, 1.807) is 0 Å². The highest BCUT2D eigenvalue weighted by Crippen LogP contribution is 2.49. The van der Waals surface area contributed by atoms with Crippen LogP contribution in [0.5, 0.6) is 0 Å². The predicted octanol–water partition coefficient (Wildman–Crippen LogP) is 3.26. The van der Waals surface area contributed by atoms with E-state index in [1.807, 2.05) is 30.3 Å². The van der Waals surface area contributed by atoms with Crippen LogP contribution in [0.15, 0.2) is 35.2 Å². The molecule has 24 heavy (non-hydrogen) atoms. The van der Waals surface area contributed by atoms with Crippen LogP contribution in [-0.4, -0.2) is 30.3 Å². The average Bonchev–Trinajstić information content (AvgIpc) is 3.22. The van der Waals surface area contributed by atoms with E-state index in [4.69, 9.17) is 4.74 Å². The SMILES string of the molecule is C[C@@H](NC(=O)COC(=O)CSc1ccccc1)[C@@H]1C[C@H]2CC[C@H]1C2. The van der Waals surface area contributed by atoms with E-state index < -0.39 is 0 Å². The number of ether oxygens (including phenoxy) is 1. The first-order chi connectivity index (χ1) is 11.6. The van der Waals surface area contributed by atoms with Gasteiger partial charge in [-0.15, -0.1) is 11.8 Å². The first-order valence-electron chi connectivity index (χ1n) is 8.74. The Morgan fingerprint density at radius 1 is 1.25 bits per heavy atom. The van der Waals surface area contributed by atoms with E-state index in [0.717, 1.165) is 16.7 Å². The summed E-state index contributed by atoms with van der Waals surface area (Å²) < 4.78 is 5.08. The monoisotopic (exact) mass is 347 g/mol. The van der Waals surface area contributed by atoms with Crippen molar-refractivity contribution < 1.29 is 14.3 Å². The van der Waals surface area contributed by atoms with Gasteiger partial charge in [-0.2, -0.15) is 0 Å². The first kappa shape index (κ1) is 17.3. The van der Waals surface area contributed by atoms with Gasteiger partial charge in [0.2, 0.25) is 0 Å².